The fourth-order valence-corrected chi connectivity index (χ4v) is 2.33. The van der Waals surface area contributed by atoms with Crippen molar-refractivity contribution in [2.45, 2.75) is 26.7 Å². The zero-order valence-electron chi connectivity index (χ0n) is 14.5. The second kappa shape index (κ2) is 9.30. The molecule has 0 bridgehead atoms. The van der Waals surface area contributed by atoms with E-state index in [0.717, 1.165) is 50.3 Å². The Bertz CT molecular complexity index is 521. The zero-order chi connectivity index (χ0) is 16.5. The monoisotopic (exact) mass is 316 g/mol. The van der Waals surface area contributed by atoms with Gasteiger partial charge in [0.2, 0.25) is 5.96 Å². The number of nitrogens with zero attached hydrogens (tertiary/aromatic N) is 4. The number of ether oxygens (including phenoxy) is 1. The molecule has 0 radical (unpaired) electrons. The summed E-state index contributed by atoms with van der Waals surface area (Å²) < 4.78 is 5.45. The Hall–Kier alpha value is -1.88. The number of para-hydroxylation sites is 1. The highest BCUT2D eigenvalue weighted by molar-refractivity contribution is 5.95. The van der Waals surface area contributed by atoms with Crippen LogP contribution in [0.25, 0.3) is 0 Å². The fraction of sp³-hybridized carbons (Fsp3) is 0.556. The van der Waals surface area contributed by atoms with Gasteiger partial charge in [-0.1, -0.05) is 31.5 Å². The first-order valence-corrected chi connectivity index (χ1v) is 8.43. The van der Waals surface area contributed by atoms with Crippen molar-refractivity contribution >= 4 is 17.5 Å². The lowest BCUT2D eigenvalue weighted by Gasteiger charge is -2.28. The average molecular weight is 316 g/mol. The maximum Gasteiger partial charge on any atom is 0.227 e. The normalized spacial score (nSPS) is 16.6. The van der Waals surface area contributed by atoms with Crippen LogP contribution in [0.1, 0.15) is 26.7 Å². The molecule has 1 aromatic rings. The molecule has 5 heteroatoms. The van der Waals surface area contributed by atoms with Crippen LogP contribution in [0.2, 0.25) is 0 Å². The van der Waals surface area contributed by atoms with Crippen molar-refractivity contribution in [1.29, 1.82) is 0 Å². The third kappa shape index (κ3) is 5.67. The second-order valence-electron chi connectivity index (χ2n) is 5.78. The van der Waals surface area contributed by atoms with E-state index in [2.05, 4.69) is 30.7 Å². The molecule has 0 saturated carbocycles. The van der Waals surface area contributed by atoms with Crippen molar-refractivity contribution in [1.82, 2.24) is 9.80 Å². The van der Waals surface area contributed by atoms with Crippen LogP contribution in [0.3, 0.4) is 0 Å². The first kappa shape index (κ1) is 17.5. The molecule has 1 aliphatic rings. The first-order chi connectivity index (χ1) is 11.2. The minimum atomic E-state index is 0.730. The third-order valence-corrected chi connectivity index (χ3v) is 3.94. The zero-order valence-corrected chi connectivity index (χ0v) is 14.5. The lowest BCUT2D eigenvalue weighted by atomic mass is 10.3. The highest BCUT2D eigenvalue weighted by atomic mass is 16.5. The summed E-state index contributed by atoms with van der Waals surface area (Å²) in [6.45, 7) is 8.41. The van der Waals surface area contributed by atoms with E-state index in [4.69, 9.17) is 14.7 Å². The van der Waals surface area contributed by atoms with Crippen LogP contribution in [0.4, 0.5) is 5.69 Å². The topological polar surface area (TPSA) is 40.4 Å². The summed E-state index contributed by atoms with van der Waals surface area (Å²) in [5.74, 6) is 1.78. The number of rotatable bonds is 4. The van der Waals surface area contributed by atoms with Gasteiger partial charge in [-0.05, 0) is 25.5 Å². The second-order valence-corrected chi connectivity index (χ2v) is 5.78. The summed E-state index contributed by atoms with van der Waals surface area (Å²) in [5, 5.41) is 0. The van der Waals surface area contributed by atoms with Gasteiger partial charge in [0.15, 0.2) is 0 Å². The van der Waals surface area contributed by atoms with Crippen LogP contribution in [0.15, 0.2) is 40.3 Å². The maximum atomic E-state index is 5.45. The van der Waals surface area contributed by atoms with Crippen molar-refractivity contribution in [2.24, 2.45) is 9.98 Å². The van der Waals surface area contributed by atoms with Gasteiger partial charge in [0.25, 0.3) is 0 Å². The van der Waals surface area contributed by atoms with Crippen molar-refractivity contribution < 1.29 is 4.74 Å². The summed E-state index contributed by atoms with van der Waals surface area (Å²) in [4.78, 5) is 14.0. The van der Waals surface area contributed by atoms with Crippen LogP contribution in [-0.2, 0) is 4.74 Å². The minimum absolute atomic E-state index is 0.730. The number of hydrogen-bond donors (Lipinski definition) is 0. The van der Waals surface area contributed by atoms with Crippen molar-refractivity contribution in [3.63, 3.8) is 0 Å². The quantitative estimate of drug-likeness (QED) is 0.633. The highest BCUT2D eigenvalue weighted by Gasteiger charge is 2.16. The predicted octanol–water partition coefficient (Wildman–Crippen LogP) is 3.16. The Morgan fingerprint density at radius 3 is 2.57 bits per heavy atom. The molecule has 1 saturated heterocycles. The number of benzene rings is 1. The molecule has 1 heterocycles. The predicted molar refractivity (Wildman–Crippen MR) is 96.6 cm³/mol. The standard InChI is InChI=1S/C18H28N4O/c1-4-5-11-21(3)16(2)19-18(22-12-14-23-15-13-22)20-17-9-7-6-8-10-17/h6-10H,4-5,11-15H2,1-3H3/b19-16+,20-18?. The molecule has 0 unspecified atom stereocenters. The van der Waals surface area contributed by atoms with Gasteiger partial charge in [-0.25, -0.2) is 9.98 Å². The number of hydrogen-bond acceptors (Lipinski definition) is 2. The first-order valence-electron chi connectivity index (χ1n) is 8.43. The number of amidine groups is 1. The molecule has 1 aromatic carbocycles. The Kier molecular flexibility index (Phi) is 7.07. The molecule has 5 nitrogen and oxygen atoms in total. The lowest BCUT2D eigenvalue weighted by molar-refractivity contribution is 0.0676. The van der Waals surface area contributed by atoms with E-state index >= 15 is 0 Å². The minimum Gasteiger partial charge on any atom is -0.378 e. The molecular formula is C18H28N4O. The van der Waals surface area contributed by atoms with Crippen LogP contribution < -0.4 is 0 Å². The van der Waals surface area contributed by atoms with E-state index in [-0.39, 0.29) is 0 Å². The van der Waals surface area contributed by atoms with Gasteiger partial charge in [0.1, 0.15) is 5.84 Å². The molecule has 126 valence electrons. The molecule has 0 amide bonds. The Labute approximate surface area is 139 Å². The molecule has 1 fully saturated rings. The van der Waals surface area contributed by atoms with Crippen molar-refractivity contribution in [3.8, 4) is 0 Å². The molecule has 0 aliphatic carbocycles. The largest absolute Gasteiger partial charge is 0.378 e. The average Bonchev–Trinajstić information content (AvgIpc) is 2.60. The van der Waals surface area contributed by atoms with Crippen LogP contribution in [-0.4, -0.2) is 61.5 Å². The smallest absolute Gasteiger partial charge is 0.227 e. The number of guanidine groups is 1. The van der Waals surface area contributed by atoms with Gasteiger partial charge in [-0.3, -0.25) is 0 Å². The van der Waals surface area contributed by atoms with Gasteiger partial charge in [-0.15, -0.1) is 0 Å². The molecule has 0 N–H and O–H groups in total. The Morgan fingerprint density at radius 1 is 1.22 bits per heavy atom. The summed E-state index contributed by atoms with van der Waals surface area (Å²) in [6, 6.07) is 10.0. The Balaban J connectivity index is 2.20. The summed E-state index contributed by atoms with van der Waals surface area (Å²) in [6.07, 6.45) is 2.36. The van der Waals surface area contributed by atoms with Crippen LogP contribution in [0.5, 0.6) is 0 Å². The number of aliphatic imine (C=N–C) groups is 2. The molecule has 0 spiro atoms. The molecule has 23 heavy (non-hydrogen) atoms. The molecule has 2 rings (SSSR count). The summed E-state index contributed by atoms with van der Waals surface area (Å²) in [5.41, 5.74) is 0.932. The van der Waals surface area contributed by atoms with Gasteiger partial charge in [0, 0.05) is 26.7 Å². The van der Waals surface area contributed by atoms with E-state index < -0.39 is 0 Å². The van der Waals surface area contributed by atoms with E-state index in [1.54, 1.807) is 0 Å². The fourth-order valence-electron chi connectivity index (χ4n) is 2.33. The highest BCUT2D eigenvalue weighted by Crippen LogP contribution is 2.13. The molecular weight excluding hydrogens is 288 g/mol. The third-order valence-electron chi connectivity index (χ3n) is 3.94. The van der Waals surface area contributed by atoms with Crippen molar-refractivity contribution in [2.75, 3.05) is 39.9 Å². The SMILES string of the molecule is CCCCN(C)/C(C)=N/C(=Nc1ccccc1)N1CCOCC1. The Morgan fingerprint density at radius 2 is 1.91 bits per heavy atom. The van der Waals surface area contributed by atoms with Gasteiger partial charge in [-0.2, -0.15) is 0 Å². The molecule has 1 aliphatic heterocycles. The van der Waals surface area contributed by atoms with Crippen LogP contribution >= 0.6 is 0 Å². The van der Waals surface area contributed by atoms with E-state index in [1.807, 2.05) is 30.3 Å². The van der Waals surface area contributed by atoms with E-state index in [0.29, 0.717) is 0 Å². The number of morpholine rings is 1. The molecule has 0 atom stereocenters. The van der Waals surface area contributed by atoms with E-state index in [9.17, 15) is 0 Å². The van der Waals surface area contributed by atoms with E-state index in [1.165, 1.54) is 12.8 Å². The maximum absolute atomic E-state index is 5.45. The van der Waals surface area contributed by atoms with Gasteiger partial charge >= 0.3 is 0 Å². The summed E-state index contributed by atoms with van der Waals surface area (Å²) >= 11 is 0. The molecule has 0 aromatic heterocycles. The summed E-state index contributed by atoms with van der Waals surface area (Å²) in [7, 11) is 2.09. The lowest BCUT2D eigenvalue weighted by Crippen LogP contribution is -2.41. The number of unbranched alkanes of at least 4 members (excludes halogenated alkanes) is 1. The van der Waals surface area contributed by atoms with Gasteiger partial charge in [0.05, 0.1) is 18.9 Å². The van der Waals surface area contributed by atoms with Crippen molar-refractivity contribution in [3.05, 3.63) is 30.3 Å². The van der Waals surface area contributed by atoms with Gasteiger partial charge < -0.3 is 14.5 Å². The van der Waals surface area contributed by atoms with Crippen LogP contribution in [0, 0.1) is 0 Å².